The number of anilines is 1. The van der Waals surface area contributed by atoms with E-state index in [4.69, 9.17) is 10.6 Å². The van der Waals surface area contributed by atoms with Gasteiger partial charge in [-0.15, -0.1) is 10.2 Å². The maximum absolute atomic E-state index is 5.68. The quantitative estimate of drug-likeness (QED) is 0.505. The minimum atomic E-state index is 0.376. The van der Waals surface area contributed by atoms with Crippen LogP contribution in [0.4, 0.5) is 5.95 Å². The van der Waals surface area contributed by atoms with Crippen LogP contribution < -0.4 is 16.0 Å². The lowest BCUT2D eigenvalue weighted by molar-refractivity contribution is 0.412. The number of methoxy groups -OCH3 is 1. The molecule has 0 unspecified atom stereocenters. The van der Waals surface area contributed by atoms with Crippen LogP contribution in [-0.4, -0.2) is 28.2 Å². The second-order valence-corrected chi connectivity index (χ2v) is 4.56. The Morgan fingerprint density at radius 3 is 2.84 bits per heavy atom. The van der Waals surface area contributed by atoms with Crippen molar-refractivity contribution >= 4 is 28.1 Å². The Labute approximate surface area is 118 Å². The van der Waals surface area contributed by atoms with Crippen LogP contribution >= 0.6 is 15.9 Å². The number of aromatic nitrogens is 3. The number of rotatable bonds is 4. The molecule has 3 N–H and O–H groups in total. The fourth-order valence-electron chi connectivity index (χ4n) is 1.37. The second kappa shape index (κ2) is 5.70. The van der Waals surface area contributed by atoms with Crippen LogP contribution in [0.1, 0.15) is 11.4 Å². The smallest absolute Gasteiger partial charge is 0.263 e. The van der Waals surface area contributed by atoms with E-state index in [0.29, 0.717) is 11.8 Å². The first kappa shape index (κ1) is 13.3. The molecule has 0 radical (unpaired) electrons. The highest BCUT2D eigenvalue weighted by atomic mass is 79.9. The molecule has 7 nitrogen and oxygen atoms in total. The van der Waals surface area contributed by atoms with Crippen LogP contribution in [0.2, 0.25) is 0 Å². The molecule has 0 aliphatic heterocycles. The van der Waals surface area contributed by atoms with E-state index in [9.17, 15) is 0 Å². The molecule has 0 saturated heterocycles. The summed E-state index contributed by atoms with van der Waals surface area (Å²) in [5.41, 5.74) is 3.62. The number of hydrazone groups is 1. The van der Waals surface area contributed by atoms with E-state index in [-0.39, 0.29) is 0 Å². The number of nitrogens with two attached hydrogens (primary N) is 1. The number of ether oxygens (including phenoxy) is 1. The number of hydrogen-bond donors (Lipinski definition) is 2. The van der Waals surface area contributed by atoms with Crippen molar-refractivity contribution in [3.05, 3.63) is 34.1 Å². The number of nitrogen functional groups attached to an aromatic ring is 1. The van der Waals surface area contributed by atoms with Crippen molar-refractivity contribution in [2.24, 2.45) is 5.10 Å². The van der Waals surface area contributed by atoms with Gasteiger partial charge in [0, 0.05) is 0 Å². The highest BCUT2D eigenvalue weighted by Gasteiger charge is 2.03. The van der Waals surface area contributed by atoms with Crippen LogP contribution in [0.25, 0.3) is 0 Å². The van der Waals surface area contributed by atoms with Gasteiger partial charge in [-0.2, -0.15) is 5.10 Å². The molecule has 0 amide bonds. The molecular formula is C11H13BrN6O. The SMILES string of the molecule is COc1ccc(/C=N/Nc2nnc(C)n2N)cc1Br. The van der Waals surface area contributed by atoms with Crippen molar-refractivity contribution in [1.82, 2.24) is 14.9 Å². The predicted octanol–water partition coefficient (Wildman–Crippen LogP) is 1.52. The van der Waals surface area contributed by atoms with Crippen molar-refractivity contribution in [2.45, 2.75) is 6.92 Å². The molecule has 1 aromatic carbocycles. The van der Waals surface area contributed by atoms with Gasteiger partial charge in [-0.1, -0.05) is 0 Å². The topological polar surface area (TPSA) is 90.3 Å². The second-order valence-electron chi connectivity index (χ2n) is 3.70. The number of benzene rings is 1. The monoisotopic (exact) mass is 324 g/mol. The number of aryl methyl sites for hydroxylation is 1. The highest BCUT2D eigenvalue weighted by molar-refractivity contribution is 9.10. The summed E-state index contributed by atoms with van der Waals surface area (Å²) in [6, 6.07) is 5.62. The molecule has 0 aliphatic carbocycles. The lowest BCUT2D eigenvalue weighted by atomic mass is 10.2. The first-order chi connectivity index (χ1) is 9.11. The largest absolute Gasteiger partial charge is 0.496 e. The van der Waals surface area contributed by atoms with E-state index in [0.717, 1.165) is 15.8 Å². The number of hydrogen-bond acceptors (Lipinski definition) is 6. The third-order valence-corrected chi connectivity index (χ3v) is 3.04. The Kier molecular flexibility index (Phi) is 4.00. The molecule has 2 rings (SSSR count). The first-order valence-corrected chi connectivity index (χ1v) is 6.21. The maximum atomic E-state index is 5.68. The molecule has 8 heteroatoms. The molecule has 19 heavy (non-hydrogen) atoms. The zero-order valence-corrected chi connectivity index (χ0v) is 12.0. The maximum Gasteiger partial charge on any atom is 0.263 e. The number of nitrogens with zero attached hydrogens (tertiary/aromatic N) is 4. The van der Waals surface area contributed by atoms with Gasteiger partial charge in [0.1, 0.15) is 5.75 Å². The molecular weight excluding hydrogens is 312 g/mol. The molecule has 0 saturated carbocycles. The minimum absolute atomic E-state index is 0.376. The Morgan fingerprint density at radius 1 is 1.47 bits per heavy atom. The molecule has 1 heterocycles. The zero-order chi connectivity index (χ0) is 13.8. The van der Waals surface area contributed by atoms with E-state index in [2.05, 4.69) is 36.7 Å². The van der Waals surface area contributed by atoms with Gasteiger partial charge in [0.2, 0.25) is 0 Å². The van der Waals surface area contributed by atoms with Gasteiger partial charge >= 0.3 is 0 Å². The summed E-state index contributed by atoms with van der Waals surface area (Å²) in [7, 11) is 1.62. The molecule has 0 aliphatic rings. The summed E-state index contributed by atoms with van der Waals surface area (Å²) in [6.07, 6.45) is 1.65. The number of nitrogens with one attached hydrogen (secondary N) is 1. The van der Waals surface area contributed by atoms with Crippen molar-refractivity contribution in [3.63, 3.8) is 0 Å². The van der Waals surface area contributed by atoms with Crippen molar-refractivity contribution < 1.29 is 4.74 Å². The van der Waals surface area contributed by atoms with Gasteiger partial charge in [-0.25, -0.2) is 10.1 Å². The van der Waals surface area contributed by atoms with Gasteiger partial charge in [-0.3, -0.25) is 0 Å². The fourth-order valence-corrected chi connectivity index (χ4v) is 1.93. The van der Waals surface area contributed by atoms with Crippen LogP contribution in [-0.2, 0) is 0 Å². The van der Waals surface area contributed by atoms with Crippen LogP contribution in [0, 0.1) is 6.92 Å². The Hall–Kier alpha value is -2.09. The Bertz CT molecular complexity index is 609. The van der Waals surface area contributed by atoms with Gasteiger partial charge in [-0.05, 0) is 46.6 Å². The molecule has 1 aromatic heterocycles. The molecule has 100 valence electrons. The van der Waals surface area contributed by atoms with Crippen molar-refractivity contribution in [3.8, 4) is 5.75 Å². The van der Waals surface area contributed by atoms with E-state index in [1.807, 2.05) is 18.2 Å². The molecule has 0 bridgehead atoms. The summed E-state index contributed by atoms with van der Waals surface area (Å²) < 4.78 is 7.33. The van der Waals surface area contributed by atoms with E-state index in [1.165, 1.54) is 4.68 Å². The normalized spacial score (nSPS) is 10.9. The van der Waals surface area contributed by atoms with Gasteiger partial charge in [0.25, 0.3) is 5.95 Å². The summed E-state index contributed by atoms with van der Waals surface area (Å²) in [5, 5.41) is 11.7. The lowest BCUT2D eigenvalue weighted by Crippen LogP contribution is -2.13. The molecule has 0 atom stereocenters. The summed E-state index contributed by atoms with van der Waals surface area (Å²) >= 11 is 3.41. The summed E-state index contributed by atoms with van der Waals surface area (Å²) in [5.74, 6) is 7.42. The zero-order valence-electron chi connectivity index (χ0n) is 10.5. The van der Waals surface area contributed by atoms with Crippen molar-refractivity contribution in [1.29, 1.82) is 0 Å². The average Bonchev–Trinajstić information content (AvgIpc) is 2.71. The lowest BCUT2D eigenvalue weighted by Gasteiger charge is -2.03. The average molecular weight is 325 g/mol. The summed E-state index contributed by atoms with van der Waals surface area (Å²) in [4.78, 5) is 0. The minimum Gasteiger partial charge on any atom is -0.496 e. The third kappa shape index (κ3) is 3.02. The van der Waals surface area contributed by atoms with Crippen LogP contribution in [0.5, 0.6) is 5.75 Å². The van der Waals surface area contributed by atoms with Gasteiger partial charge in [0.15, 0.2) is 5.82 Å². The van der Waals surface area contributed by atoms with E-state index < -0.39 is 0 Å². The van der Waals surface area contributed by atoms with Crippen LogP contribution in [0.3, 0.4) is 0 Å². The molecule has 0 fully saturated rings. The Morgan fingerprint density at radius 2 is 2.26 bits per heavy atom. The molecule has 2 aromatic rings. The van der Waals surface area contributed by atoms with Gasteiger partial charge < -0.3 is 10.6 Å². The van der Waals surface area contributed by atoms with Crippen molar-refractivity contribution in [2.75, 3.05) is 18.4 Å². The fraction of sp³-hybridized carbons (Fsp3) is 0.182. The van der Waals surface area contributed by atoms with Crippen LogP contribution in [0.15, 0.2) is 27.8 Å². The predicted molar refractivity (Wildman–Crippen MR) is 76.8 cm³/mol. The third-order valence-electron chi connectivity index (χ3n) is 2.42. The highest BCUT2D eigenvalue weighted by Crippen LogP contribution is 2.24. The summed E-state index contributed by atoms with van der Waals surface area (Å²) in [6.45, 7) is 1.75. The first-order valence-electron chi connectivity index (χ1n) is 5.41. The van der Waals surface area contributed by atoms with E-state index in [1.54, 1.807) is 20.2 Å². The van der Waals surface area contributed by atoms with E-state index >= 15 is 0 Å². The Balaban J connectivity index is 2.07. The standard InChI is InChI=1S/C11H13BrN6O/c1-7-15-17-11(18(7)13)16-14-6-8-3-4-10(19-2)9(12)5-8/h3-6H,13H2,1-2H3,(H,16,17)/b14-6+. The number of halogens is 1. The van der Waals surface area contributed by atoms with Gasteiger partial charge in [0.05, 0.1) is 17.8 Å². The molecule has 0 spiro atoms.